The molecule has 3 heterocycles. The fourth-order valence-electron chi connectivity index (χ4n) is 2.32. The van der Waals surface area contributed by atoms with Crippen molar-refractivity contribution in [3.05, 3.63) is 29.7 Å². The summed E-state index contributed by atoms with van der Waals surface area (Å²) in [5.41, 5.74) is 1.32. The van der Waals surface area contributed by atoms with E-state index < -0.39 is 0 Å². The molecule has 1 aliphatic heterocycles. The van der Waals surface area contributed by atoms with Gasteiger partial charge in [0.1, 0.15) is 5.69 Å². The van der Waals surface area contributed by atoms with Gasteiger partial charge in [0.25, 0.3) is 0 Å². The van der Waals surface area contributed by atoms with Crippen LogP contribution in [0.15, 0.2) is 18.2 Å². The van der Waals surface area contributed by atoms with Crippen molar-refractivity contribution in [1.29, 1.82) is 0 Å². The van der Waals surface area contributed by atoms with Gasteiger partial charge in [-0.05, 0) is 30.7 Å². The number of aromatic nitrogens is 3. The second-order valence-electron chi connectivity index (χ2n) is 4.56. The van der Waals surface area contributed by atoms with Crippen LogP contribution in [0.2, 0.25) is 0 Å². The molecule has 1 aliphatic rings. The molecule has 0 radical (unpaired) electrons. The van der Waals surface area contributed by atoms with Gasteiger partial charge in [0.05, 0.1) is 0 Å². The van der Waals surface area contributed by atoms with E-state index in [-0.39, 0.29) is 0 Å². The SMILES string of the molecule is O=Cc1cccc2nc(CC3CCCCS3)nn12. The fourth-order valence-corrected chi connectivity index (χ4v) is 3.62. The molecule has 0 aromatic carbocycles. The third-order valence-corrected chi connectivity index (χ3v) is 4.64. The summed E-state index contributed by atoms with van der Waals surface area (Å²) in [5, 5.41) is 5.07. The normalized spacial score (nSPS) is 20.1. The fraction of sp³-hybridized carbons (Fsp3) is 0.462. The van der Waals surface area contributed by atoms with Crippen LogP contribution in [-0.4, -0.2) is 31.9 Å². The van der Waals surface area contributed by atoms with Crippen molar-refractivity contribution >= 4 is 23.7 Å². The van der Waals surface area contributed by atoms with Crippen molar-refractivity contribution in [2.24, 2.45) is 0 Å². The summed E-state index contributed by atoms with van der Waals surface area (Å²) in [5.74, 6) is 2.10. The number of pyridine rings is 1. The first-order valence-electron chi connectivity index (χ1n) is 6.28. The third kappa shape index (κ3) is 2.27. The molecule has 2 aromatic rings. The third-order valence-electron chi connectivity index (χ3n) is 3.24. The Balaban J connectivity index is 1.86. The average molecular weight is 261 g/mol. The zero-order chi connectivity index (χ0) is 12.4. The molecule has 1 saturated heterocycles. The van der Waals surface area contributed by atoms with E-state index >= 15 is 0 Å². The zero-order valence-corrected chi connectivity index (χ0v) is 10.9. The van der Waals surface area contributed by atoms with Gasteiger partial charge in [-0.25, -0.2) is 9.50 Å². The van der Waals surface area contributed by atoms with Gasteiger partial charge in [-0.2, -0.15) is 16.9 Å². The van der Waals surface area contributed by atoms with E-state index in [1.807, 2.05) is 23.9 Å². The monoisotopic (exact) mass is 261 g/mol. The molecule has 2 aromatic heterocycles. The standard InChI is InChI=1S/C13H15N3OS/c17-9-10-4-3-6-13-14-12(15-16(10)13)8-11-5-1-2-7-18-11/h3-4,6,9,11H,1-2,5,7-8H2. The molecular formula is C13H15N3OS. The highest BCUT2D eigenvalue weighted by Crippen LogP contribution is 2.27. The molecule has 3 rings (SSSR count). The summed E-state index contributed by atoms with van der Waals surface area (Å²) in [6, 6.07) is 5.48. The summed E-state index contributed by atoms with van der Waals surface area (Å²) in [4.78, 5) is 15.4. The van der Waals surface area contributed by atoms with E-state index in [1.54, 1.807) is 10.6 Å². The van der Waals surface area contributed by atoms with Gasteiger partial charge in [-0.15, -0.1) is 0 Å². The minimum absolute atomic E-state index is 0.558. The molecule has 1 atom stereocenters. The maximum atomic E-state index is 10.9. The maximum absolute atomic E-state index is 10.9. The molecule has 0 saturated carbocycles. The summed E-state index contributed by atoms with van der Waals surface area (Å²) in [6.45, 7) is 0. The highest BCUT2D eigenvalue weighted by molar-refractivity contribution is 7.99. The Morgan fingerprint density at radius 2 is 2.39 bits per heavy atom. The molecule has 1 unspecified atom stereocenters. The Morgan fingerprint density at radius 3 is 3.17 bits per heavy atom. The van der Waals surface area contributed by atoms with Gasteiger partial charge < -0.3 is 0 Å². The lowest BCUT2D eigenvalue weighted by molar-refractivity contribution is 0.111. The molecule has 5 heteroatoms. The van der Waals surface area contributed by atoms with Crippen LogP contribution in [0.3, 0.4) is 0 Å². The second-order valence-corrected chi connectivity index (χ2v) is 5.97. The van der Waals surface area contributed by atoms with E-state index in [1.165, 1.54) is 25.0 Å². The lowest BCUT2D eigenvalue weighted by Crippen LogP contribution is -2.13. The van der Waals surface area contributed by atoms with Crippen molar-refractivity contribution in [2.75, 3.05) is 5.75 Å². The van der Waals surface area contributed by atoms with E-state index in [2.05, 4.69) is 10.1 Å². The molecule has 94 valence electrons. The van der Waals surface area contributed by atoms with Crippen molar-refractivity contribution in [3.63, 3.8) is 0 Å². The quantitative estimate of drug-likeness (QED) is 0.796. The van der Waals surface area contributed by atoms with Gasteiger partial charge in [0.2, 0.25) is 0 Å². The predicted octanol–water partition coefficient (Wildman–Crippen LogP) is 2.37. The molecule has 0 amide bonds. The van der Waals surface area contributed by atoms with Gasteiger partial charge in [0.15, 0.2) is 17.8 Å². The zero-order valence-electron chi connectivity index (χ0n) is 10.1. The van der Waals surface area contributed by atoms with Crippen molar-refractivity contribution in [1.82, 2.24) is 14.6 Å². The molecule has 0 aliphatic carbocycles. The topological polar surface area (TPSA) is 47.3 Å². The molecule has 0 spiro atoms. The van der Waals surface area contributed by atoms with Crippen LogP contribution in [0.5, 0.6) is 0 Å². The Morgan fingerprint density at radius 1 is 1.44 bits per heavy atom. The Labute approximate surface area is 110 Å². The number of aldehydes is 1. The van der Waals surface area contributed by atoms with Crippen LogP contribution in [0.1, 0.15) is 35.6 Å². The number of fused-ring (bicyclic) bond motifs is 1. The first-order chi connectivity index (χ1) is 8.86. The van der Waals surface area contributed by atoms with Crippen LogP contribution < -0.4 is 0 Å². The minimum Gasteiger partial charge on any atom is -0.296 e. The van der Waals surface area contributed by atoms with E-state index in [9.17, 15) is 4.79 Å². The number of carbonyl (C=O) groups is 1. The Hall–Kier alpha value is -1.36. The Kier molecular flexibility index (Phi) is 3.32. The maximum Gasteiger partial charge on any atom is 0.168 e. The van der Waals surface area contributed by atoms with Gasteiger partial charge in [-0.1, -0.05) is 12.5 Å². The highest BCUT2D eigenvalue weighted by atomic mass is 32.2. The van der Waals surface area contributed by atoms with Crippen LogP contribution in [0.4, 0.5) is 0 Å². The summed E-state index contributed by atoms with van der Waals surface area (Å²) in [7, 11) is 0. The predicted molar refractivity (Wildman–Crippen MR) is 72.2 cm³/mol. The van der Waals surface area contributed by atoms with Gasteiger partial charge in [-0.3, -0.25) is 4.79 Å². The number of rotatable bonds is 3. The second kappa shape index (κ2) is 5.10. The van der Waals surface area contributed by atoms with Crippen molar-refractivity contribution in [3.8, 4) is 0 Å². The van der Waals surface area contributed by atoms with E-state index in [4.69, 9.17) is 0 Å². The molecule has 0 N–H and O–H groups in total. The lowest BCUT2D eigenvalue weighted by Gasteiger charge is -2.19. The lowest BCUT2D eigenvalue weighted by atomic mass is 10.1. The number of carbonyl (C=O) groups excluding carboxylic acids is 1. The Bertz CT molecular complexity index is 560. The van der Waals surface area contributed by atoms with Crippen molar-refractivity contribution in [2.45, 2.75) is 30.9 Å². The number of thioether (sulfide) groups is 1. The number of nitrogens with zero attached hydrogens (tertiary/aromatic N) is 3. The summed E-state index contributed by atoms with van der Waals surface area (Å²) in [6.07, 6.45) is 5.62. The van der Waals surface area contributed by atoms with Gasteiger partial charge >= 0.3 is 0 Å². The highest BCUT2D eigenvalue weighted by Gasteiger charge is 2.17. The molecule has 4 nitrogen and oxygen atoms in total. The largest absolute Gasteiger partial charge is 0.296 e. The van der Waals surface area contributed by atoms with Crippen molar-refractivity contribution < 1.29 is 4.79 Å². The van der Waals surface area contributed by atoms with E-state index in [0.29, 0.717) is 10.9 Å². The molecule has 1 fully saturated rings. The van der Waals surface area contributed by atoms with Crippen LogP contribution in [-0.2, 0) is 6.42 Å². The summed E-state index contributed by atoms with van der Waals surface area (Å²) >= 11 is 2.02. The molecule has 0 bridgehead atoms. The van der Waals surface area contributed by atoms with Crippen LogP contribution in [0.25, 0.3) is 5.65 Å². The summed E-state index contributed by atoms with van der Waals surface area (Å²) < 4.78 is 1.63. The number of hydrogen-bond donors (Lipinski definition) is 0. The molecule has 18 heavy (non-hydrogen) atoms. The number of hydrogen-bond acceptors (Lipinski definition) is 4. The van der Waals surface area contributed by atoms with Crippen LogP contribution >= 0.6 is 11.8 Å². The minimum atomic E-state index is 0.558. The first kappa shape index (κ1) is 11.7. The average Bonchev–Trinajstić information content (AvgIpc) is 2.82. The van der Waals surface area contributed by atoms with E-state index in [0.717, 1.165) is 24.2 Å². The van der Waals surface area contributed by atoms with Gasteiger partial charge in [0, 0.05) is 11.7 Å². The van der Waals surface area contributed by atoms with Crippen LogP contribution in [0, 0.1) is 0 Å². The smallest absolute Gasteiger partial charge is 0.168 e. The molecular weight excluding hydrogens is 246 g/mol. The first-order valence-corrected chi connectivity index (χ1v) is 7.33.